The number of halogens is 2. The smallest absolute Gasteiger partial charge is 0.129 e. The zero-order valence-electron chi connectivity index (χ0n) is 10.2. The number of benzene rings is 1. The average molecular weight is 260 g/mol. The lowest BCUT2D eigenvalue weighted by Crippen LogP contribution is -2.27. The van der Waals surface area contributed by atoms with Gasteiger partial charge in [-0.05, 0) is 24.5 Å². The summed E-state index contributed by atoms with van der Waals surface area (Å²) in [7, 11) is 0. The molecule has 1 atom stereocenters. The van der Waals surface area contributed by atoms with E-state index in [1.54, 1.807) is 12.1 Å². The van der Waals surface area contributed by atoms with E-state index in [1.807, 2.05) is 0 Å². The molecule has 0 radical (unpaired) electrons. The van der Waals surface area contributed by atoms with Crippen LogP contribution in [0.15, 0.2) is 18.2 Å². The fraction of sp³-hybridized carbons (Fsp3) is 0.538. The van der Waals surface area contributed by atoms with Gasteiger partial charge in [-0.1, -0.05) is 31.5 Å². The first kappa shape index (κ1) is 14.4. The summed E-state index contributed by atoms with van der Waals surface area (Å²) in [6, 6.07) is 4.62. The second-order valence-electron chi connectivity index (χ2n) is 4.61. The first-order chi connectivity index (χ1) is 8.00. The Balaban J connectivity index is 2.41. The van der Waals surface area contributed by atoms with Crippen LogP contribution in [0.4, 0.5) is 4.39 Å². The molecule has 0 fully saturated rings. The summed E-state index contributed by atoms with van der Waals surface area (Å²) in [5, 5.41) is 13.1. The number of rotatable bonds is 6. The van der Waals surface area contributed by atoms with Crippen LogP contribution >= 0.6 is 11.6 Å². The van der Waals surface area contributed by atoms with Crippen molar-refractivity contribution in [3.8, 4) is 0 Å². The third kappa shape index (κ3) is 5.02. The Kier molecular flexibility index (Phi) is 5.89. The molecule has 17 heavy (non-hydrogen) atoms. The molecule has 96 valence electrons. The van der Waals surface area contributed by atoms with Crippen molar-refractivity contribution in [3.05, 3.63) is 34.6 Å². The maximum Gasteiger partial charge on any atom is 0.129 e. The third-order valence-corrected chi connectivity index (χ3v) is 2.84. The van der Waals surface area contributed by atoms with Gasteiger partial charge < -0.3 is 10.4 Å². The third-order valence-electron chi connectivity index (χ3n) is 2.49. The molecule has 2 nitrogen and oxygen atoms in total. The average Bonchev–Trinajstić information content (AvgIpc) is 2.21. The van der Waals surface area contributed by atoms with Crippen molar-refractivity contribution in [3.63, 3.8) is 0 Å². The fourth-order valence-electron chi connectivity index (χ4n) is 1.69. The van der Waals surface area contributed by atoms with Gasteiger partial charge in [0.1, 0.15) is 5.82 Å². The van der Waals surface area contributed by atoms with Crippen molar-refractivity contribution in [1.82, 2.24) is 5.32 Å². The Bertz CT molecular complexity index is 337. The van der Waals surface area contributed by atoms with Crippen LogP contribution in [0.1, 0.15) is 25.8 Å². The van der Waals surface area contributed by atoms with Gasteiger partial charge in [0.2, 0.25) is 0 Å². The molecule has 4 heteroatoms. The molecule has 0 bridgehead atoms. The minimum absolute atomic E-state index is 0.316. The van der Waals surface area contributed by atoms with Gasteiger partial charge >= 0.3 is 0 Å². The molecule has 0 saturated carbocycles. The Labute approximate surface area is 107 Å². The number of aliphatic hydroxyl groups excluding tert-OH is 1. The highest BCUT2D eigenvalue weighted by Crippen LogP contribution is 2.18. The fourth-order valence-corrected chi connectivity index (χ4v) is 1.92. The SMILES string of the molecule is CC(C)CC(O)CNCc1c(F)cccc1Cl. The number of hydrogen-bond donors (Lipinski definition) is 2. The molecule has 2 N–H and O–H groups in total. The van der Waals surface area contributed by atoms with Crippen LogP contribution in [0.25, 0.3) is 0 Å². The van der Waals surface area contributed by atoms with E-state index in [0.717, 1.165) is 6.42 Å². The molecule has 0 aliphatic carbocycles. The summed E-state index contributed by atoms with van der Waals surface area (Å²) in [5.41, 5.74) is 0.450. The van der Waals surface area contributed by atoms with Gasteiger partial charge in [-0.25, -0.2) is 4.39 Å². The predicted octanol–water partition coefficient (Wildman–Crippen LogP) is 2.98. The van der Waals surface area contributed by atoms with E-state index in [9.17, 15) is 9.50 Å². The lowest BCUT2D eigenvalue weighted by Gasteiger charge is -2.14. The first-order valence-electron chi connectivity index (χ1n) is 5.82. The summed E-state index contributed by atoms with van der Waals surface area (Å²) in [5.74, 6) is 0.132. The van der Waals surface area contributed by atoms with Gasteiger partial charge in [0.05, 0.1) is 6.10 Å². The largest absolute Gasteiger partial charge is 0.392 e. The van der Waals surface area contributed by atoms with E-state index in [1.165, 1.54) is 6.07 Å². The lowest BCUT2D eigenvalue weighted by atomic mass is 10.1. The van der Waals surface area contributed by atoms with Crippen molar-refractivity contribution < 1.29 is 9.50 Å². The van der Waals surface area contributed by atoms with Crippen LogP contribution in [0.2, 0.25) is 5.02 Å². The monoisotopic (exact) mass is 259 g/mol. The highest BCUT2D eigenvalue weighted by atomic mass is 35.5. The summed E-state index contributed by atoms with van der Waals surface area (Å²) >= 11 is 5.89. The standard InChI is InChI=1S/C13H19ClFNO/c1-9(2)6-10(17)7-16-8-11-12(14)4-3-5-13(11)15/h3-5,9-10,16-17H,6-8H2,1-2H3. The highest BCUT2D eigenvalue weighted by molar-refractivity contribution is 6.31. The number of hydrogen-bond acceptors (Lipinski definition) is 2. The van der Waals surface area contributed by atoms with Crippen LogP contribution in [0.5, 0.6) is 0 Å². The van der Waals surface area contributed by atoms with Crippen molar-refractivity contribution in [1.29, 1.82) is 0 Å². The predicted molar refractivity (Wildman–Crippen MR) is 68.6 cm³/mol. The zero-order valence-corrected chi connectivity index (χ0v) is 11.0. The normalized spacial score (nSPS) is 13.1. The van der Waals surface area contributed by atoms with E-state index < -0.39 is 6.10 Å². The molecule has 1 aromatic rings. The van der Waals surface area contributed by atoms with Crippen LogP contribution in [-0.2, 0) is 6.54 Å². The highest BCUT2D eigenvalue weighted by Gasteiger charge is 2.09. The molecular formula is C13H19ClFNO. The van der Waals surface area contributed by atoms with Crippen molar-refractivity contribution in [2.45, 2.75) is 32.9 Å². The second kappa shape index (κ2) is 6.94. The maximum atomic E-state index is 13.4. The minimum Gasteiger partial charge on any atom is -0.392 e. The zero-order chi connectivity index (χ0) is 12.8. The van der Waals surface area contributed by atoms with Crippen molar-refractivity contribution in [2.75, 3.05) is 6.54 Å². The molecule has 0 aliphatic rings. The Morgan fingerprint density at radius 2 is 2.12 bits per heavy atom. The molecule has 0 amide bonds. The lowest BCUT2D eigenvalue weighted by molar-refractivity contribution is 0.146. The van der Waals surface area contributed by atoms with Crippen LogP contribution < -0.4 is 5.32 Å². The molecule has 0 saturated heterocycles. The van der Waals surface area contributed by atoms with Gasteiger partial charge in [0.15, 0.2) is 0 Å². The molecule has 0 spiro atoms. The Morgan fingerprint density at radius 3 is 2.71 bits per heavy atom. The molecule has 0 aromatic heterocycles. The van der Waals surface area contributed by atoms with Crippen LogP contribution in [0.3, 0.4) is 0 Å². The summed E-state index contributed by atoms with van der Waals surface area (Å²) in [4.78, 5) is 0. The van der Waals surface area contributed by atoms with Gasteiger partial charge in [-0.15, -0.1) is 0 Å². The molecule has 1 unspecified atom stereocenters. The van der Waals surface area contributed by atoms with E-state index in [-0.39, 0.29) is 5.82 Å². The molecular weight excluding hydrogens is 241 g/mol. The van der Waals surface area contributed by atoms with Crippen molar-refractivity contribution >= 4 is 11.6 Å². The maximum absolute atomic E-state index is 13.4. The van der Waals surface area contributed by atoms with Crippen LogP contribution in [-0.4, -0.2) is 17.8 Å². The van der Waals surface area contributed by atoms with Crippen LogP contribution in [0, 0.1) is 11.7 Å². The first-order valence-corrected chi connectivity index (χ1v) is 6.20. The second-order valence-corrected chi connectivity index (χ2v) is 5.02. The van der Waals surface area contributed by atoms with E-state index in [4.69, 9.17) is 11.6 Å². The minimum atomic E-state index is -0.402. The molecule has 0 aliphatic heterocycles. The van der Waals surface area contributed by atoms with Gasteiger partial charge in [0, 0.05) is 23.7 Å². The van der Waals surface area contributed by atoms with E-state index in [2.05, 4.69) is 19.2 Å². The topological polar surface area (TPSA) is 32.3 Å². The van der Waals surface area contributed by atoms with Gasteiger partial charge in [-0.3, -0.25) is 0 Å². The quantitative estimate of drug-likeness (QED) is 0.823. The summed E-state index contributed by atoms with van der Waals surface area (Å²) in [6.45, 7) is 4.89. The Hall–Kier alpha value is -0.640. The van der Waals surface area contributed by atoms with E-state index in [0.29, 0.717) is 29.6 Å². The van der Waals surface area contributed by atoms with E-state index >= 15 is 0 Å². The number of nitrogens with one attached hydrogen (secondary N) is 1. The van der Waals surface area contributed by atoms with Gasteiger partial charge in [-0.2, -0.15) is 0 Å². The molecule has 1 rings (SSSR count). The number of aliphatic hydroxyl groups is 1. The van der Waals surface area contributed by atoms with Crippen molar-refractivity contribution in [2.24, 2.45) is 5.92 Å². The summed E-state index contributed by atoms with van der Waals surface area (Å²) < 4.78 is 13.4. The molecule has 1 aromatic carbocycles. The van der Waals surface area contributed by atoms with Gasteiger partial charge in [0.25, 0.3) is 0 Å². The summed E-state index contributed by atoms with van der Waals surface area (Å²) in [6.07, 6.45) is 0.332. The molecule has 0 heterocycles. The Morgan fingerprint density at radius 1 is 1.41 bits per heavy atom.